The molecule has 4 heterocycles. The molecule has 11 heteroatoms. The van der Waals surface area contributed by atoms with Gasteiger partial charge in [-0.1, -0.05) is 37.8 Å². The van der Waals surface area contributed by atoms with Crippen LogP contribution < -0.4 is 11.5 Å². The molecule has 0 radical (unpaired) electrons. The number of hydrogen-bond donors (Lipinski definition) is 2. The summed E-state index contributed by atoms with van der Waals surface area (Å²) in [5.41, 5.74) is 17.0. The fourth-order valence-corrected chi connectivity index (χ4v) is 6.87. The zero-order valence-electron chi connectivity index (χ0n) is 23.4. The van der Waals surface area contributed by atoms with Gasteiger partial charge in [-0.25, -0.2) is 14.6 Å². The lowest BCUT2D eigenvalue weighted by molar-refractivity contribution is -0.118. The summed E-state index contributed by atoms with van der Waals surface area (Å²) in [7, 11) is -1.20. The molecule has 6 aromatic rings. The van der Waals surface area contributed by atoms with Gasteiger partial charge in [0, 0.05) is 59.9 Å². The fourth-order valence-electron chi connectivity index (χ4n) is 5.03. The van der Waals surface area contributed by atoms with E-state index in [1.807, 2.05) is 21.6 Å². The minimum absolute atomic E-state index is 0.195. The molecule has 0 saturated carbocycles. The van der Waals surface area contributed by atoms with E-state index in [0.717, 1.165) is 56.2 Å². The number of amides is 1. The fraction of sp³-hybridized carbons (Fsp3) is 0.267. The van der Waals surface area contributed by atoms with E-state index in [9.17, 15) is 4.79 Å². The van der Waals surface area contributed by atoms with Crippen molar-refractivity contribution in [3.8, 4) is 21.6 Å². The number of fused-ring (bicyclic) bond motifs is 3. The number of thiophene rings is 1. The van der Waals surface area contributed by atoms with Gasteiger partial charge < -0.3 is 20.8 Å². The Morgan fingerprint density at radius 2 is 1.90 bits per heavy atom. The van der Waals surface area contributed by atoms with Crippen molar-refractivity contribution in [2.75, 3.05) is 12.3 Å². The molecule has 6 rings (SSSR count). The van der Waals surface area contributed by atoms with E-state index in [2.05, 4.69) is 72.1 Å². The van der Waals surface area contributed by atoms with E-state index in [1.165, 1.54) is 10.1 Å². The van der Waals surface area contributed by atoms with Gasteiger partial charge in [-0.3, -0.25) is 4.79 Å². The predicted molar refractivity (Wildman–Crippen MR) is 169 cm³/mol. The van der Waals surface area contributed by atoms with Crippen LogP contribution in [0.15, 0.2) is 61.1 Å². The van der Waals surface area contributed by atoms with Crippen LogP contribution >= 0.6 is 11.3 Å². The maximum absolute atomic E-state index is 11.5. The van der Waals surface area contributed by atoms with Gasteiger partial charge in [-0.15, -0.1) is 11.3 Å². The van der Waals surface area contributed by atoms with Crippen LogP contribution in [0.2, 0.25) is 25.7 Å². The van der Waals surface area contributed by atoms with E-state index in [-0.39, 0.29) is 18.3 Å². The highest BCUT2D eigenvalue weighted by Gasteiger charge is 2.20. The van der Waals surface area contributed by atoms with Gasteiger partial charge in [0.25, 0.3) is 0 Å². The van der Waals surface area contributed by atoms with Gasteiger partial charge in [0.2, 0.25) is 11.9 Å². The molecule has 0 aliphatic heterocycles. The van der Waals surface area contributed by atoms with Crippen molar-refractivity contribution >= 4 is 63.3 Å². The summed E-state index contributed by atoms with van der Waals surface area (Å²) in [5, 5.41) is 6.94. The topological polar surface area (TPSA) is 127 Å². The third kappa shape index (κ3) is 5.60. The number of aryl methyl sites for hydroxylation is 1. The highest BCUT2D eigenvalue weighted by atomic mass is 32.1. The number of ether oxygens (including phenoxy) is 1. The number of rotatable bonds is 10. The summed E-state index contributed by atoms with van der Waals surface area (Å²) in [6, 6.07) is 16.1. The average molecular weight is 584 g/mol. The van der Waals surface area contributed by atoms with Crippen LogP contribution in [0.25, 0.3) is 53.6 Å². The maximum Gasteiger partial charge on any atom is 0.220 e. The standard InChI is InChI=1S/C30H33N7O2SSi/c1-41(2,3)11-10-39-18-37-29-21(15-34-37)12-20(13-22(29)26-14-19-6-4-5-7-25(19)40-26)23-17-36(9-8-27(31)38)24-16-33-30(32)35-28(23)24/h4-7,12-17H,8-11,18H2,1-3H3,(H2,31,38)(H2,32,33,35). The number of hydrogen-bond acceptors (Lipinski definition) is 7. The van der Waals surface area contributed by atoms with Crippen molar-refractivity contribution in [3.05, 3.63) is 61.1 Å². The normalized spacial score (nSPS) is 12.2. The van der Waals surface area contributed by atoms with Gasteiger partial charge in [-0.2, -0.15) is 5.10 Å². The summed E-state index contributed by atoms with van der Waals surface area (Å²) in [4.78, 5) is 21.5. The van der Waals surface area contributed by atoms with Crippen LogP contribution in [0, 0.1) is 0 Å². The third-order valence-corrected chi connectivity index (χ3v) is 10.0. The Morgan fingerprint density at radius 1 is 1.07 bits per heavy atom. The zero-order valence-corrected chi connectivity index (χ0v) is 25.2. The largest absolute Gasteiger partial charge is 0.370 e. The van der Waals surface area contributed by atoms with Gasteiger partial charge >= 0.3 is 0 Å². The molecular formula is C30H33N7O2SSi. The molecule has 9 nitrogen and oxygen atoms in total. The molecule has 0 aliphatic carbocycles. The van der Waals surface area contributed by atoms with Crippen LogP contribution in [0.4, 0.5) is 5.95 Å². The van der Waals surface area contributed by atoms with Gasteiger partial charge in [-0.05, 0) is 41.3 Å². The number of benzene rings is 2. The van der Waals surface area contributed by atoms with Crippen molar-refractivity contribution in [1.82, 2.24) is 24.3 Å². The molecule has 0 bridgehead atoms. The molecular weight excluding hydrogens is 551 g/mol. The Bertz CT molecular complexity index is 1870. The summed E-state index contributed by atoms with van der Waals surface area (Å²) in [6.45, 7) is 8.59. The first-order valence-electron chi connectivity index (χ1n) is 13.6. The minimum atomic E-state index is -1.20. The van der Waals surface area contributed by atoms with Crippen LogP contribution in [-0.2, 0) is 22.8 Å². The number of nitrogen functional groups attached to an aromatic ring is 1. The van der Waals surface area contributed by atoms with Gasteiger partial charge in [0.1, 0.15) is 12.2 Å². The number of aromatic nitrogens is 5. The third-order valence-electron chi connectivity index (χ3n) is 7.18. The lowest BCUT2D eigenvalue weighted by Crippen LogP contribution is -2.22. The van der Waals surface area contributed by atoms with Crippen LogP contribution in [0.1, 0.15) is 6.42 Å². The zero-order chi connectivity index (χ0) is 28.7. The van der Waals surface area contributed by atoms with Crippen molar-refractivity contribution in [2.24, 2.45) is 5.73 Å². The molecule has 4 N–H and O–H groups in total. The molecule has 210 valence electrons. The first-order valence-corrected chi connectivity index (χ1v) is 18.1. The molecule has 2 aromatic carbocycles. The van der Waals surface area contributed by atoms with Crippen LogP contribution in [0.5, 0.6) is 0 Å². The molecule has 1 amide bonds. The second-order valence-corrected chi connectivity index (χ2v) is 18.2. The Morgan fingerprint density at radius 3 is 2.68 bits per heavy atom. The Kier molecular flexibility index (Phi) is 7.10. The molecule has 0 aliphatic rings. The summed E-state index contributed by atoms with van der Waals surface area (Å²) >= 11 is 1.76. The first-order chi connectivity index (χ1) is 19.7. The van der Waals surface area contributed by atoms with E-state index in [0.29, 0.717) is 13.3 Å². The van der Waals surface area contributed by atoms with E-state index in [4.69, 9.17) is 21.3 Å². The highest BCUT2D eigenvalue weighted by Crippen LogP contribution is 2.41. The number of nitrogens with zero attached hydrogens (tertiary/aromatic N) is 5. The molecule has 0 unspecified atom stereocenters. The van der Waals surface area contributed by atoms with E-state index < -0.39 is 8.07 Å². The van der Waals surface area contributed by atoms with E-state index >= 15 is 0 Å². The van der Waals surface area contributed by atoms with Crippen LogP contribution in [-0.4, -0.2) is 44.9 Å². The molecule has 0 spiro atoms. The number of carbonyl (C=O) groups excluding carboxylic acids is 1. The monoisotopic (exact) mass is 583 g/mol. The lowest BCUT2D eigenvalue weighted by Gasteiger charge is -2.16. The highest BCUT2D eigenvalue weighted by molar-refractivity contribution is 7.22. The SMILES string of the molecule is C[Si](C)(C)CCOCn1ncc2cc(-c3cn(CCC(N)=O)c4cnc(N)nc34)cc(-c3cc4ccccc4s3)c21. The number of carbonyl (C=O) groups is 1. The summed E-state index contributed by atoms with van der Waals surface area (Å²) < 4.78 is 11.3. The van der Waals surface area contributed by atoms with Crippen molar-refractivity contribution in [1.29, 1.82) is 0 Å². The smallest absolute Gasteiger partial charge is 0.220 e. The number of anilines is 1. The van der Waals surface area contributed by atoms with Crippen molar-refractivity contribution < 1.29 is 9.53 Å². The number of nitrogens with two attached hydrogens (primary N) is 2. The quantitative estimate of drug-likeness (QED) is 0.148. The minimum Gasteiger partial charge on any atom is -0.370 e. The second kappa shape index (κ2) is 10.7. The van der Waals surface area contributed by atoms with Gasteiger partial charge in [0.05, 0.1) is 23.4 Å². The molecule has 41 heavy (non-hydrogen) atoms. The Balaban J connectivity index is 1.50. The van der Waals surface area contributed by atoms with Crippen LogP contribution in [0.3, 0.4) is 0 Å². The summed E-state index contributed by atoms with van der Waals surface area (Å²) in [6.07, 6.45) is 5.81. The second-order valence-electron chi connectivity index (χ2n) is 11.5. The average Bonchev–Trinajstić information content (AvgIpc) is 3.63. The Hall–Kier alpha value is -4.06. The van der Waals surface area contributed by atoms with Crippen molar-refractivity contribution in [2.45, 2.75) is 45.4 Å². The van der Waals surface area contributed by atoms with Gasteiger partial charge in [0.15, 0.2) is 0 Å². The number of primary amides is 1. The molecule has 0 saturated heterocycles. The molecule has 0 atom stereocenters. The maximum atomic E-state index is 11.5. The Labute approximate surface area is 242 Å². The first kappa shape index (κ1) is 27.1. The van der Waals surface area contributed by atoms with Crippen molar-refractivity contribution in [3.63, 3.8) is 0 Å². The van der Waals surface area contributed by atoms with E-state index in [1.54, 1.807) is 17.5 Å². The summed E-state index contributed by atoms with van der Waals surface area (Å²) in [5.74, 6) is -0.168. The molecule has 0 fully saturated rings. The lowest BCUT2D eigenvalue weighted by atomic mass is 10.0. The molecule has 4 aromatic heterocycles. The predicted octanol–water partition coefficient (Wildman–Crippen LogP) is 6.10.